The normalized spacial score (nSPS) is 25.9. The van der Waals surface area contributed by atoms with Gasteiger partial charge in [0.05, 0.1) is 6.42 Å². The first kappa shape index (κ1) is 10.9. The zero-order valence-electron chi connectivity index (χ0n) is 9.30. The number of aliphatic carboxylic acids is 1. The second-order valence-corrected chi connectivity index (χ2v) is 5.18. The van der Waals surface area contributed by atoms with E-state index >= 15 is 0 Å². The molecule has 15 heavy (non-hydrogen) atoms. The van der Waals surface area contributed by atoms with Crippen LogP contribution in [-0.4, -0.2) is 22.7 Å². The highest BCUT2D eigenvalue weighted by Crippen LogP contribution is 2.34. The monoisotopic (exact) mass is 211 g/mol. The zero-order chi connectivity index (χ0) is 10.7. The summed E-state index contributed by atoms with van der Waals surface area (Å²) in [5.74, 6) is -0.651. The number of carboxylic acids is 1. The molecule has 0 heterocycles. The van der Waals surface area contributed by atoms with E-state index in [4.69, 9.17) is 5.11 Å². The highest BCUT2D eigenvalue weighted by Gasteiger charge is 2.37. The number of carboxylic acid groups (broad SMARTS) is 1. The van der Waals surface area contributed by atoms with Gasteiger partial charge in [0.1, 0.15) is 0 Å². The molecule has 2 aliphatic rings. The third kappa shape index (κ3) is 2.71. The lowest BCUT2D eigenvalue weighted by Gasteiger charge is -2.32. The van der Waals surface area contributed by atoms with Gasteiger partial charge in [-0.1, -0.05) is 25.7 Å². The van der Waals surface area contributed by atoms with Crippen LogP contribution in [0.1, 0.15) is 57.8 Å². The van der Waals surface area contributed by atoms with Crippen LogP contribution in [0.3, 0.4) is 0 Å². The van der Waals surface area contributed by atoms with E-state index in [1.807, 2.05) is 0 Å². The molecule has 2 N–H and O–H groups in total. The molecule has 0 radical (unpaired) electrons. The molecule has 2 aliphatic carbocycles. The van der Waals surface area contributed by atoms with Gasteiger partial charge in [-0.05, 0) is 25.7 Å². The SMILES string of the molecule is O=C(O)CC1(NC2CCCC2)CCCC1. The summed E-state index contributed by atoms with van der Waals surface area (Å²) in [5, 5.41) is 12.6. The highest BCUT2D eigenvalue weighted by molar-refractivity contribution is 5.68. The topological polar surface area (TPSA) is 49.3 Å². The Morgan fingerprint density at radius 2 is 1.80 bits per heavy atom. The number of hydrogen-bond acceptors (Lipinski definition) is 2. The van der Waals surface area contributed by atoms with Crippen LogP contribution >= 0.6 is 0 Å². The summed E-state index contributed by atoms with van der Waals surface area (Å²) in [6.07, 6.45) is 9.87. The summed E-state index contributed by atoms with van der Waals surface area (Å²) in [7, 11) is 0. The Bertz CT molecular complexity index is 228. The number of rotatable bonds is 4. The van der Waals surface area contributed by atoms with Gasteiger partial charge < -0.3 is 10.4 Å². The molecular formula is C12H21NO2. The van der Waals surface area contributed by atoms with Gasteiger partial charge in [-0.2, -0.15) is 0 Å². The molecule has 0 aromatic rings. The molecule has 2 fully saturated rings. The maximum Gasteiger partial charge on any atom is 0.305 e. The van der Waals surface area contributed by atoms with Gasteiger partial charge in [-0.15, -0.1) is 0 Å². The van der Waals surface area contributed by atoms with Crippen LogP contribution in [0.4, 0.5) is 0 Å². The number of hydrogen-bond donors (Lipinski definition) is 2. The van der Waals surface area contributed by atoms with Crippen molar-refractivity contribution < 1.29 is 9.90 Å². The van der Waals surface area contributed by atoms with Crippen LogP contribution in [0.5, 0.6) is 0 Å². The van der Waals surface area contributed by atoms with E-state index < -0.39 is 5.97 Å². The van der Waals surface area contributed by atoms with Gasteiger partial charge in [0.15, 0.2) is 0 Å². The van der Waals surface area contributed by atoms with Crippen LogP contribution in [0.2, 0.25) is 0 Å². The molecule has 0 spiro atoms. The zero-order valence-corrected chi connectivity index (χ0v) is 9.30. The molecule has 2 rings (SSSR count). The fourth-order valence-corrected chi connectivity index (χ4v) is 3.22. The summed E-state index contributed by atoms with van der Waals surface area (Å²) >= 11 is 0. The maximum absolute atomic E-state index is 10.9. The van der Waals surface area contributed by atoms with Crippen LogP contribution in [-0.2, 0) is 4.79 Å². The molecule has 0 aromatic heterocycles. The van der Waals surface area contributed by atoms with Crippen molar-refractivity contribution in [3.63, 3.8) is 0 Å². The lowest BCUT2D eigenvalue weighted by molar-refractivity contribution is -0.138. The van der Waals surface area contributed by atoms with Crippen LogP contribution in [0.25, 0.3) is 0 Å². The van der Waals surface area contributed by atoms with Gasteiger partial charge >= 0.3 is 5.97 Å². The molecule has 0 aromatic carbocycles. The average Bonchev–Trinajstić information content (AvgIpc) is 2.76. The van der Waals surface area contributed by atoms with E-state index in [2.05, 4.69) is 5.32 Å². The van der Waals surface area contributed by atoms with E-state index in [0.29, 0.717) is 12.5 Å². The van der Waals surface area contributed by atoms with E-state index in [0.717, 1.165) is 12.8 Å². The van der Waals surface area contributed by atoms with Gasteiger partial charge in [-0.25, -0.2) is 0 Å². The first-order valence-corrected chi connectivity index (χ1v) is 6.20. The Morgan fingerprint density at radius 3 is 2.33 bits per heavy atom. The maximum atomic E-state index is 10.9. The van der Waals surface area contributed by atoms with Gasteiger partial charge in [0.25, 0.3) is 0 Å². The smallest absolute Gasteiger partial charge is 0.305 e. The Labute approximate surface area is 91.2 Å². The third-order valence-electron chi connectivity index (χ3n) is 3.92. The number of nitrogens with one attached hydrogen (secondary N) is 1. The Kier molecular flexibility index (Phi) is 3.29. The Balaban J connectivity index is 1.95. The molecule has 0 aliphatic heterocycles. The fourth-order valence-electron chi connectivity index (χ4n) is 3.22. The first-order chi connectivity index (χ1) is 7.20. The summed E-state index contributed by atoms with van der Waals surface area (Å²) in [6.45, 7) is 0. The number of carbonyl (C=O) groups is 1. The quantitative estimate of drug-likeness (QED) is 0.750. The van der Waals surface area contributed by atoms with Crippen LogP contribution < -0.4 is 5.32 Å². The summed E-state index contributed by atoms with van der Waals surface area (Å²) in [4.78, 5) is 10.9. The second-order valence-electron chi connectivity index (χ2n) is 5.18. The molecule has 3 nitrogen and oxygen atoms in total. The van der Waals surface area contributed by atoms with Crippen molar-refractivity contribution in [1.82, 2.24) is 5.32 Å². The lowest BCUT2D eigenvalue weighted by atomic mass is 9.92. The van der Waals surface area contributed by atoms with E-state index in [9.17, 15) is 4.79 Å². The van der Waals surface area contributed by atoms with Crippen molar-refractivity contribution in [2.24, 2.45) is 0 Å². The van der Waals surface area contributed by atoms with E-state index in [1.54, 1.807) is 0 Å². The van der Waals surface area contributed by atoms with Crippen molar-refractivity contribution in [1.29, 1.82) is 0 Å². The minimum absolute atomic E-state index is 0.0686. The van der Waals surface area contributed by atoms with Gasteiger partial charge in [-0.3, -0.25) is 4.79 Å². The Hall–Kier alpha value is -0.570. The van der Waals surface area contributed by atoms with Gasteiger partial charge in [0.2, 0.25) is 0 Å². The lowest BCUT2D eigenvalue weighted by Crippen LogP contribution is -2.49. The van der Waals surface area contributed by atoms with E-state index in [1.165, 1.54) is 38.5 Å². The van der Waals surface area contributed by atoms with Crippen molar-refractivity contribution in [2.75, 3.05) is 0 Å². The fraction of sp³-hybridized carbons (Fsp3) is 0.917. The summed E-state index contributed by atoms with van der Waals surface area (Å²) in [6, 6.07) is 0.586. The van der Waals surface area contributed by atoms with Crippen molar-refractivity contribution in [2.45, 2.75) is 69.4 Å². The molecule has 0 atom stereocenters. The molecule has 0 amide bonds. The van der Waals surface area contributed by atoms with Crippen molar-refractivity contribution >= 4 is 5.97 Å². The van der Waals surface area contributed by atoms with Crippen LogP contribution in [0.15, 0.2) is 0 Å². The molecule has 3 heteroatoms. The van der Waals surface area contributed by atoms with Crippen LogP contribution in [0, 0.1) is 0 Å². The molecule has 2 saturated carbocycles. The highest BCUT2D eigenvalue weighted by atomic mass is 16.4. The minimum Gasteiger partial charge on any atom is -0.481 e. The minimum atomic E-state index is -0.651. The van der Waals surface area contributed by atoms with Crippen molar-refractivity contribution in [3.05, 3.63) is 0 Å². The summed E-state index contributed by atoms with van der Waals surface area (Å²) in [5.41, 5.74) is -0.0686. The third-order valence-corrected chi connectivity index (χ3v) is 3.92. The predicted octanol–water partition coefficient (Wildman–Crippen LogP) is 2.31. The summed E-state index contributed by atoms with van der Waals surface area (Å²) < 4.78 is 0. The van der Waals surface area contributed by atoms with Gasteiger partial charge in [0, 0.05) is 11.6 Å². The molecular weight excluding hydrogens is 190 g/mol. The standard InChI is InChI=1S/C12H21NO2/c14-11(15)9-12(7-3-4-8-12)13-10-5-1-2-6-10/h10,13H,1-9H2,(H,14,15). The second kappa shape index (κ2) is 4.52. The first-order valence-electron chi connectivity index (χ1n) is 6.20. The molecule has 0 saturated heterocycles. The largest absolute Gasteiger partial charge is 0.481 e. The molecule has 0 bridgehead atoms. The molecule has 86 valence electrons. The average molecular weight is 211 g/mol. The predicted molar refractivity (Wildman–Crippen MR) is 58.8 cm³/mol. The van der Waals surface area contributed by atoms with Crippen molar-refractivity contribution in [3.8, 4) is 0 Å². The Morgan fingerprint density at radius 1 is 1.20 bits per heavy atom. The van der Waals surface area contributed by atoms with E-state index in [-0.39, 0.29) is 5.54 Å². The molecule has 0 unspecified atom stereocenters.